The summed E-state index contributed by atoms with van der Waals surface area (Å²) < 4.78 is 32.3. The summed E-state index contributed by atoms with van der Waals surface area (Å²) in [5.41, 5.74) is 0.957. The van der Waals surface area contributed by atoms with Gasteiger partial charge in [0.25, 0.3) is 5.91 Å². The smallest absolute Gasteiger partial charge is 0.280 e. The molecule has 1 aromatic heterocycles. The number of nitrogens with zero attached hydrogens (tertiary/aromatic N) is 2. The van der Waals surface area contributed by atoms with Crippen molar-refractivity contribution >= 4 is 37.3 Å². The number of benzene rings is 2. The lowest BCUT2D eigenvalue weighted by Crippen LogP contribution is -2.17. The number of hydrogen-bond donors (Lipinski definition) is 0. The third-order valence-corrected chi connectivity index (χ3v) is 6.19. The third kappa shape index (κ3) is 4.07. The first-order chi connectivity index (χ1) is 13.3. The minimum Gasteiger partial charge on any atom is -0.494 e. The van der Waals surface area contributed by atoms with Crippen molar-refractivity contribution < 1.29 is 17.9 Å². The molecule has 3 aromatic rings. The summed E-state index contributed by atoms with van der Waals surface area (Å²) in [5.74, 6) is 0.137. The number of rotatable bonds is 6. The van der Waals surface area contributed by atoms with Gasteiger partial charge in [-0.05, 0) is 37.3 Å². The average Bonchev–Trinajstić information content (AvgIpc) is 2.98. The van der Waals surface area contributed by atoms with E-state index in [9.17, 15) is 13.2 Å². The summed E-state index contributed by atoms with van der Waals surface area (Å²) in [6.07, 6.45) is 2.79. The SMILES string of the molecule is C=CCn1c(=NC(=O)c2ccccc2S(C)(=O)=O)sc2cc(OCC)ccc21. The zero-order valence-electron chi connectivity index (χ0n) is 15.6. The molecule has 0 unspecified atom stereocenters. The molecule has 0 aliphatic carbocycles. The Morgan fingerprint density at radius 1 is 1.29 bits per heavy atom. The highest BCUT2D eigenvalue weighted by Gasteiger charge is 2.18. The van der Waals surface area contributed by atoms with Crippen LogP contribution in [-0.4, -0.2) is 31.8 Å². The number of carbonyl (C=O) groups excluding carboxylic acids is 1. The highest BCUT2D eigenvalue weighted by atomic mass is 32.2. The van der Waals surface area contributed by atoms with Gasteiger partial charge >= 0.3 is 0 Å². The summed E-state index contributed by atoms with van der Waals surface area (Å²) in [6, 6.07) is 11.8. The van der Waals surface area contributed by atoms with E-state index >= 15 is 0 Å². The Hall–Kier alpha value is -2.71. The molecule has 0 saturated carbocycles. The fourth-order valence-corrected chi connectivity index (χ4v) is 4.76. The molecule has 146 valence electrons. The van der Waals surface area contributed by atoms with Crippen LogP contribution in [0.3, 0.4) is 0 Å². The second kappa shape index (κ2) is 8.12. The monoisotopic (exact) mass is 416 g/mol. The number of ether oxygens (including phenoxy) is 1. The Morgan fingerprint density at radius 2 is 2.04 bits per heavy atom. The van der Waals surface area contributed by atoms with E-state index in [0.717, 1.165) is 22.2 Å². The topological polar surface area (TPSA) is 77.7 Å². The van der Waals surface area contributed by atoms with E-state index in [2.05, 4.69) is 11.6 Å². The van der Waals surface area contributed by atoms with Crippen LogP contribution >= 0.6 is 11.3 Å². The van der Waals surface area contributed by atoms with E-state index in [4.69, 9.17) is 4.74 Å². The lowest BCUT2D eigenvalue weighted by Gasteiger charge is -2.05. The molecule has 0 fully saturated rings. The van der Waals surface area contributed by atoms with Gasteiger partial charge in [0.05, 0.1) is 27.3 Å². The van der Waals surface area contributed by atoms with Crippen LogP contribution in [-0.2, 0) is 16.4 Å². The van der Waals surface area contributed by atoms with Crippen molar-refractivity contribution in [3.63, 3.8) is 0 Å². The van der Waals surface area contributed by atoms with Crippen molar-refractivity contribution in [1.82, 2.24) is 4.57 Å². The van der Waals surface area contributed by atoms with Crippen molar-refractivity contribution in [2.75, 3.05) is 12.9 Å². The number of hydrogen-bond acceptors (Lipinski definition) is 5. The van der Waals surface area contributed by atoms with Gasteiger partial charge in [0.2, 0.25) is 0 Å². The van der Waals surface area contributed by atoms with Crippen LogP contribution in [0.5, 0.6) is 5.75 Å². The highest BCUT2D eigenvalue weighted by molar-refractivity contribution is 7.90. The molecule has 28 heavy (non-hydrogen) atoms. The molecular weight excluding hydrogens is 396 g/mol. The molecule has 3 rings (SSSR count). The molecule has 0 N–H and O–H groups in total. The molecule has 8 heteroatoms. The summed E-state index contributed by atoms with van der Waals surface area (Å²) in [7, 11) is -3.54. The van der Waals surface area contributed by atoms with Crippen LogP contribution in [0.1, 0.15) is 17.3 Å². The molecule has 1 heterocycles. The van der Waals surface area contributed by atoms with Gasteiger partial charge < -0.3 is 9.30 Å². The number of fused-ring (bicyclic) bond motifs is 1. The van der Waals surface area contributed by atoms with Gasteiger partial charge in [-0.3, -0.25) is 4.79 Å². The van der Waals surface area contributed by atoms with Crippen LogP contribution in [0.2, 0.25) is 0 Å². The summed E-state index contributed by atoms with van der Waals surface area (Å²) >= 11 is 1.34. The van der Waals surface area contributed by atoms with Gasteiger partial charge in [0.1, 0.15) is 5.75 Å². The van der Waals surface area contributed by atoms with E-state index in [1.165, 1.54) is 23.5 Å². The Balaban J connectivity index is 2.17. The molecule has 6 nitrogen and oxygen atoms in total. The molecule has 0 saturated heterocycles. The number of allylic oxidation sites excluding steroid dienone is 1. The molecule has 0 aliphatic rings. The number of thiazole rings is 1. The van der Waals surface area contributed by atoms with Gasteiger partial charge in [0, 0.05) is 12.8 Å². The van der Waals surface area contributed by atoms with Gasteiger partial charge in [-0.15, -0.1) is 6.58 Å². The maximum Gasteiger partial charge on any atom is 0.280 e. The second-order valence-electron chi connectivity index (χ2n) is 6.03. The van der Waals surface area contributed by atoms with Crippen LogP contribution < -0.4 is 9.54 Å². The molecule has 0 aliphatic heterocycles. The number of aromatic nitrogens is 1. The second-order valence-corrected chi connectivity index (χ2v) is 9.02. The summed E-state index contributed by atoms with van der Waals surface area (Å²) in [5, 5.41) is 0. The van der Waals surface area contributed by atoms with Crippen LogP contribution in [0.25, 0.3) is 10.2 Å². The lowest BCUT2D eigenvalue weighted by molar-refractivity contribution is 0.0994. The molecule has 0 bridgehead atoms. The van der Waals surface area contributed by atoms with Gasteiger partial charge in [0.15, 0.2) is 14.6 Å². The Labute approximate surface area is 167 Å². The highest BCUT2D eigenvalue weighted by Crippen LogP contribution is 2.24. The summed E-state index contributed by atoms with van der Waals surface area (Å²) in [4.78, 5) is 17.5. The number of amides is 1. The van der Waals surface area contributed by atoms with E-state index in [1.807, 2.05) is 29.7 Å². The van der Waals surface area contributed by atoms with E-state index in [0.29, 0.717) is 18.0 Å². The van der Waals surface area contributed by atoms with Gasteiger partial charge in [-0.2, -0.15) is 4.99 Å². The largest absolute Gasteiger partial charge is 0.494 e. The minimum atomic E-state index is -3.54. The Bertz CT molecular complexity index is 1220. The van der Waals surface area contributed by atoms with Crippen molar-refractivity contribution in [3.8, 4) is 5.75 Å². The zero-order valence-corrected chi connectivity index (χ0v) is 17.2. The van der Waals surface area contributed by atoms with Crippen LogP contribution in [0.15, 0.2) is 65.0 Å². The minimum absolute atomic E-state index is 0.0289. The predicted octanol–water partition coefficient (Wildman–Crippen LogP) is 3.43. The normalized spacial score (nSPS) is 12.3. The molecule has 0 spiro atoms. The fourth-order valence-electron chi connectivity index (χ4n) is 2.81. The predicted molar refractivity (Wildman–Crippen MR) is 111 cm³/mol. The first kappa shape index (κ1) is 20.0. The van der Waals surface area contributed by atoms with Crippen molar-refractivity contribution in [2.24, 2.45) is 4.99 Å². The van der Waals surface area contributed by atoms with Crippen molar-refractivity contribution in [3.05, 3.63) is 65.5 Å². The molecule has 0 radical (unpaired) electrons. The van der Waals surface area contributed by atoms with Crippen LogP contribution in [0, 0.1) is 0 Å². The maximum absolute atomic E-state index is 12.8. The van der Waals surface area contributed by atoms with E-state index in [-0.39, 0.29) is 10.5 Å². The standard InChI is InChI=1S/C20H20N2O4S2/c1-4-12-22-16-11-10-14(26-5-2)13-17(16)27-20(22)21-19(23)15-8-6-7-9-18(15)28(3,24)25/h4,6-11,13H,1,5,12H2,2-3H3. The Morgan fingerprint density at radius 3 is 2.71 bits per heavy atom. The quantitative estimate of drug-likeness (QED) is 0.577. The number of sulfone groups is 1. The number of carbonyl (C=O) groups is 1. The summed E-state index contributed by atoms with van der Waals surface area (Å²) in [6.45, 7) is 6.70. The fraction of sp³-hybridized carbons (Fsp3) is 0.200. The van der Waals surface area contributed by atoms with Crippen LogP contribution in [0.4, 0.5) is 0 Å². The first-order valence-electron chi connectivity index (χ1n) is 8.60. The molecule has 2 aromatic carbocycles. The van der Waals surface area contributed by atoms with Gasteiger partial charge in [-0.25, -0.2) is 8.42 Å². The third-order valence-electron chi connectivity index (χ3n) is 3.99. The molecule has 0 atom stereocenters. The first-order valence-corrected chi connectivity index (χ1v) is 11.3. The molecule has 1 amide bonds. The lowest BCUT2D eigenvalue weighted by atomic mass is 10.2. The van der Waals surface area contributed by atoms with E-state index < -0.39 is 15.7 Å². The molecular formula is C20H20N2O4S2. The van der Waals surface area contributed by atoms with Crippen molar-refractivity contribution in [2.45, 2.75) is 18.4 Å². The van der Waals surface area contributed by atoms with Crippen molar-refractivity contribution in [1.29, 1.82) is 0 Å². The Kier molecular flexibility index (Phi) is 5.81. The zero-order chi connectivity index (χ0) is 20.3. The maximum atomic E-state index is 12.8. The van der Waals surface area contributed by atoms with E-state index in [1.54, 1.807) is 18.2 Å². The average molecular weight is 417 g/mol. The van der Waals surface area contributed by atoms with Gasteiger partial charge in [-0.1, -0.05) is 29.5 Å².